The zero-order valence-corrected chi connectivity index (χ0v) is 16.3. The lowest BCUT2D eigenvalue weighted by molar-refractivity contribution is -0.158. The van der Waals surface area contributed by atoms with Crippen LogP contribution in [0.4, 0.5) is 4.79 Å². The number of carbonyl (C=O) groups is 2. The summed E-state index contributed by atoms with van der Waals surface area (Å²) in [7, 11) is 0. The van der Waals surface area contributed by atoms with Crippen LogP contribution in [0.1, 0.15) is 91.9 Å². The van der Waals surface area contributed by atoms with Crippen molar-refractivity contribution in [1.82, 2.24) is 4.90 Å². The molecule has 5 nitrogen and oxygen atoms in total. The molecule has 1 amide bonds. The summed E-state index contributed by atoms with van der Waals surface area (Å²) >= 11 is 0. The van der Waals surface area contributed by atoms with Crippen molar-refractivity contribution in [3.05, 3.63) is 0 Å². The Hall–Kier alpha value is -1.26. The molecule has 0 spiro atoms. The Kier molecular flexibility index (Phi) is 6.39. The molecule has 2 aliphatic carbocycles. The van der Waals surface area contributed by atoms with Gasteiger partial charge in [-0.1, -0.05) is 38.5 Å². The van der Waals surface area contributed by atoms with E-state index < -0.39 is 23.2 Å². The number of aliphatic carboxylic acids is 1. The van der Waals surface area contributed by atoms with Crippen LogP contribution < -0.4 is 0 Å². The highest BCUT2D eigenvalue weighted by atomic mass is 16.6. The normalized spacial score (nSPS) is 22.9. The standard InChI is InChI=1S/C20H35NO4/c1-19(2,3)25-18(24)21(16-13-9-6-10-14-16)20(4,17(22)23)15-11-7-5-8-12-15/h15-16H,5-14H2,1-4H3,(H,22,23)/t20-/m1/s1. The van der Waals surface area contributed by atoms with Gasteiger partial charge in [-0.2, -0.15) is 0 Å². The van der Waals surface area contributed by atoms with E-state index >= 15 is 0 Å². The molecular weight excluding hydrogens is 318 g/mol. The topological polar surface area (TPSA) is 66.8 Å². The minimum Gasteiger partial charge on any atom is -0.479 e. The maximum atomic E-state index is 13.1. The van der Waals surface area contributed by atoms with Crippen LogP contribution in [0.15, 0.2) is 0 Å². The zero-order chi connectivity index (χ0) is 18.7. The molecule has 144 valence electrons. The van der Waals surface area contributed by atoms with E-state index in [1.807, 2.05) is 20.8 Å². The van der Waals surface area contributed by atoms with E-state index in [-0.39, 0.29) is 12.0 Å². The summed E-state index contributed by atoms with van der Waals surface area (Å²) in [6.07, 6.45) is 9.51. The van der Waals surface area contributed by atoms with Crippen LogP contribution in [-0.2, 0) is 9.53 Å². The summed E-state index contributed by atoms with van der Waals surface area (Å²) in [5, 5.41) is 10.2. The lowest BCUT2D eigenvalue weighted by atomic mass is 9.73. The van der Waals surface area contributed by atoms with Gasteiger partial charge >= 0.3 is 12.1 Å². The molecule has 0 aromatic carbocycles. The first-order chi connectivity index (χ1) is 11.7. The van der Waals surface area contributed by atoms with Gasteiger partial charge in [-0.05, 0) is 59.3 Å². The van der Waals surface area contributed by atoms with Gasteiger partial charge in [-0.15, -0.1) is 0 Å². The third kappa shape index (κ3) is 4.68. The summed E-state index contributed by atoms with van der Waals surface area (Å²) in [4.78, 5) is 27.1. The van der Waals surface area contributed by atoms with Crippen molar-refractivity contribution in [2.45, 2.75) is 109 Å². The molecule has 0 bridgehead atoms. The van der Waals surface area contributed by atoms with Gasteiger partial charge in [0.05, 0.1) is 0 Å². The second kappa shape index (κ2) is 7.96. The molecule has 0 heterocycles. The highest BCUT2D eigenvalue weighted by Crippen LogP contribution is 2.40. The molecule has 0 unspecified atom stereocenters. The van der Waals surface area contributed by atoms with Gasteiger partial charge in [0.2, 0.25) is 0 Å². The molecule has 0 aromatic rings. The number of carboxylic acids is 1. The number of rotatable bonds is 4. The van der Waals surface area contributed by atoms with E-state index in [1.165, 1.54) is 0 Å². The van der Waals surface area contributed by atoms with Crippen LogP contribution in [0.5, 0.6) is 0 Å². The number of hydrogen-bond donors (Lipinski definition) is 1. The lowest BCUT2D eigenvalue weighted by Gasteiger charge is -2.49. The summed E-state index contributed by atoms with van der Waals surface area (Å²) in [5.41, 5.74) is -1.82. The molecule has 0 radical (unpaired) electrons. The second-order valence-electron chi connectivity index (χ2n) is 8.93. The molecule has 0 saturated heterocycles. The molecule has 25 heavy (non-hydrogen) atoms. The highest BCUT2D eigenvalue weighted by Gasteiger charge is 2.52. The van der Waals surface area contributed by atoms with Gasteiger partial charge in [0.1, 0.15) is 11.1 Å². The van der Waals surface area contributed by atoms with Gasteiger partial charge in [-0.25, -0.2) is 9.59 Å². The summed E-state index contributed by atoms with van der Waals surface area (Å²) in [5.74, 6) is -0.899. The average molecular weight is 354 g/mol. The number of carboxylic acid groups (broad SMARTS) is 1. The zero-order valence-electron chi connectivity index (χ0n) is 16.3. The molecule has 2 fully saturated rings. The van der Waals surface area contributed by atoms with E-state index in [0.29, 0.717) is 0 Å². The van der Waals surface area contributed by atoms with Crippen LogP contribution in [0, 0.1) is 5.92 Å². The maximum absolute atomic E-state index is 13.1. The van der Waals surface area contributed by atoms with Gasteiger partial charge in [0.15, 0.2) is 0 Å². The van der Waals surface area contributed by atoms with Crippen LogP contribution in [0.3, 0.4) is 0 Å². The first kappa shape index (κ1) is 20.1. The van der Waals surface area contributed by atoms with Crippen LogP contribution >= 0.6 is 0 Å². The number of nitrogens with zero attached hydrogens (tertiary/aromatic N) is 1. The first-order valence-corrected chi connectivity index (χ1v) is 9.92. The Balaban J connectivity index is 2.38. The second-order valence-corrected chi connectivity index (χ2v) is 8.93. The highest BCUT2D eigenvalue weighted by molar-refractivity contribution is 5.85. The first-order valence-electron chi connectivity index (χ1n) is 9.92. The predicted octanol–water partition coefficient (Wildman–Crippen LogP) is 4.98. The van der Waals surface area contributed by atoms with Gasteiger partial charge < -0.3 is 9.84 Å². The van der Waals surface area contributed by atoms with Gasteiger partial charge in [-0.3, -0.25) is 4.90 Å². The monoisotopic (exact) mass is 353 g/mol. The number of ether oxygens (including phenoxy) is 1. The summed E-state index contributed by atoms with van der Waals surface area (Å²) in [6, 6.07) is -0.0355. The Labute approximate surface area is 152 Å². The molecular formula is C20H35NO4. The minimum absolute atomic E-state index is 0.00630. The molecule has 1 atom stereocenters. The van der Waals surface area contributed by atoms with Gasteiger partial charge in [0, 0.05) is 6.04 Å². The molecule has 2 saturated carbocycles. The number of amides is 1. The number of hydrogen-bond acceptors (Lipinski definition) is 3. The Morgan fingerprint density at radius 1 is 0.880 bits per heavy atom. The van der Waals surface area contributed by atoms with Crippen molar-refractivity contribution in [3.8, 4) is 0 Å². The minimum atomic E-state index is -1.19. The molecule has 0 aromatic heterocycles. The Morgan fingerprint density at radius 2 is 1.36 bits per heavy atom. The van der Waals surface area contributed by atoms with E-state index in [0.717, 1.165) is 64.2 Å². The van der Waals surface area contributed by atoms with E-state index in [4.69, 9.17) is 4.74 Å². The Morgan fingerprint density at radius 3 is 1.80 bits per heavy atom. The largest absolute Gasteiger partial charge is 0.479 e. The molecule has 0 aliphatic heterocycles. The summed E-state index contributed by atoms with van der Waals surface area (Å²) < 4.78 is 5.66. The van der Waals surface area contributed by atoms with Crippen LogP contribution in [0.25, 0.3) is 0 Å². The third-order valence-electron chi connectivity index (χ3n) is 5.86. The van der Waals surface area contributed by atoms with E-state index in [1.54, 1.807) is 11.8 Å². The third-order valence-corrected chi connectivity index (χ3v) is 5.86. The quantitative estimate of drug-likeness (QED) is 0.774. The van der Waals surface area contributed by atoms with E-state index in [2.05, 4.69) is 0 Å². The maximum Gasteiger partial charge on any atom is 0.411 e. The lowest BCUT2D eigenvalue weighted by Crippen LogP contribution is -2.64. The van der Waals surface area contributed by atoms with Crippen LogP contribution in [-0.4, -0.2) is 39.3 Å². The van der Waals surface area contributed by atoms with Crippen molar-refractivity contribution in [2.24, 2.45) is 5.92 Å². The van der Waals surface area contributed by atoms with Crippen LogP contribution in [0.2, 0.25) is 0 Å². The van der Waals surface area contributed by atoms with Crippen molar-refractivity contribution in [3.63, 3.8) is 0 Å². The molecule has 2 rings (SSSR count). The fourth-order valence-electron chi connectivity index (χ4n) is 4.51. The predicted molar refractivity (Wildman–Crippen MR) is 97.6 cm³/mol. The fourth-order valence-corrected chi connectivity index (χ4v) is 4.51. The van der Waals surface area contributed by atoms with Gasteiger partial charge in [0.25, 0.3) is 0 Å². The SMILES string of the molecule is CC(C)(C)OC(=O)N(C1CCCCC1)[C@@](C)(C(=O)O)C1CCCCC1. The van der Waals surface area contributed by atoms with Crippen molar-refractivity contribution in [1.29, 1.82) is 0 Å². The number of carbonyl (C=O) groups excluding carboxylic acids is 1. The van der Waals surface area contributed by atoms with E-state index in [9.17, 15) is 14.7 Å². The van der Waals surface area contributed by atoms with Crippen molar-refractivity contribution >= 4 is 12.1 Å². The fraction of sp³-hybridized carbons (Fsp3) is 0.900. The molecule has 2 aliphatic rings. The van der Waals surface area contributed by atoms with Crippen molar-refractivity contribution in [2.75, 3.05) is 0 Å². The summed E-state index contributed by atoms with van der Waals surface area (Å²) in [6.45, 7) is 7.26. The smallest absolute Gasteiger partial charge is 0.411 e. The average Bonchev–Trinajstić information content (AvgIpc) is 2.54. The Bertz CT molecular complexity index is 473. The van der Waals surface area contributed by atoms with Crippen molar-refractivity contribution < 1.29 is 19.4 Å². The molecule has 5 heteroatoms. The molecule has 1 N–H and O–H groups in total.